The number of methoxy groups -OCH3 is 1. The fourth-order valence-electron chi connectivity index (χ4n) is 1.58. The van der Waals surface area contributed by atoms with Crippen LogP contribution in [0, 0.1) is 5.82 Å². The van der Waals surface area contributed by atoms with Crippen LogP contribution < -0.4 is 4.74 Å². The predicted molar refractivity (Wildman–Crippen MR) is 86.6 cm³/mol. The highest BCUT2D eigenvalue weighted by Gasteiger charge is 2.15. The Hall–Kier alpha value is -2.45. The largest absolute Gasteiger partial charge is 0.497 e. The molecule has 0 aromatic heterocycles. The maximum Gasteiger partial charge on any atom is 0.337 e. The molecule has 0 saturated heterocycles. The van der Waals surface area contributed by atoms with Crippen molar-refractivity contribution in [2.24, 2.45) is 0 Å². The zero-order valence-electron chi connectivity index (χ0n) is 12.4. The maximum atomic E-state index is 12.6. The van der Waals surface area contributed by atoms with Gasteiger partial charge >= 0.3 is 11.9 Å². The Morgan fingerprint density at radius 1 is 1.17 bits per heavy atom. The molecule has 8 heteroatoms. The Bertz CT molecular complexity index is 734. The second kappa shape index (κ2) is 8.99. The number of carboxylic acids is 2. The highest BCUT2D eigenvalue weighted by molar-refractivity contribution is 9.10. The molecule has 24 heavy (non-hydrogen) atoms. The van der Waals surface area contributed by atoms with Gasteiger partial charge in [0, 0.05) is 0 Å². The minimum Gasteiger partial charge on any atom is -0.497 e. The van der Waals surface area contributed by atoms with E-state index >= 15 is 0 Å². The van der Waals surface area contributed by atoms with E-state index < -0.39 is 23.9 Å². The molecule has 0 spiro atoms. The van der Waals surface area contributed by atoms with Gasteiger partial charge in [0.05, 0.1) is 17.1 Å². The summed E-state index contributed by atoms with van der Waals surface area (Å²) in [5, 5.41) is 26.1. The molecule has 3 N–H and O–H groups in total. The number of rotatable bonds is 4. The third-order valence-corrected chi connectivity index (χ3v) is 3.45. The van der Waals surface area contributed by atoms with Gasteiger partial charge in [0.15, 0.2) is 6.10 Å². The van der Waals surface area contributed by atoms with Gasteiger partial charge in [0.1, 0.15) is 11.6 Å². The summed E-state index contributed by atoms with van der Waals surface area (Å²) in [6.07, 6.45) is -1.49. The van der Waals surface area contributed by atoms with Crippen molar-refractivity contribution < 1.29 is 34.0 Å². The molecule has 0 aliphatic heterocycles. The molecule has 1 atom stereocenters. The van der Waals surface area contributed by atoms with E-state index in [9.17, 15) is 14.0 Å². The van der Waals surface area contributed by atoms with Gasteiger partial charge in [0.2, 0.25) is 0 Å². The lowest BCUT2D eigenvalue weighted by molar-refractivity contribution is -0.146. The van der Waals surface area contributed by atoms with Gasteiger partial charge in [0.25, 0.3) is 0 Å². The topological polar surface area (TPSA) is 104 Å². The van der Waals surface area contributed by atoms with Crippen LogP contribution in [-0.2, 0) is 4.79 Å². The van der Waals surface area contributed by atoms with Crippen LogP contribution in [-0.4, -0.2) is 34.4 Å². The van der Waals surface area contributed by atoms with E-state index in [1.165, 1.54) is 31.4 Å². The fourth-order valence-corrected chi connectivity index (χ4v) is 1.83. The summed E-state index contributed by atoms with van der Waals surface area (Å²) in [5.41, 5.74) is 0.262. The van der Waals surface area contributed by atoms with Gasteiger partial charge in [-0.2, -0.15) is 0 Å². The number of aliphatic carboxylic acids is 1. The Balaban J connectivity index is 0.000000243. The Morgan fingerprint density at radius 2 is 1.83 bits per heavy atom. The van der Waals surface area contributed by atoms with Crippen molar-refractivity contribution in [3.05, 3.63) is 63.9 Å². The van der Waals surface area contributed by atoms with Crippen LogP contribution in [0.1, 0.15) is 22.0 Å². The molecule has 2 aromatic carbocycles. The Morgan fingerprint density at radius 3 is 2.33 bits per heavy atom. The third kappa shape index (κ3) is 5.64. The van der Waals surface area contributed by atoms with Gasteiger partial charge < -0.3 is 20.1 Å². The molecule has 6 nitrogen and oxygen atoms in total. The van der Waals surface area contributed by atoms with E-state index in [4.69, 9.17) is 20.1 Å². The third-order valence-electron chi connectivity index (χ3n) is 2.81. The molecule has 2 rings (SSSR count). The number of hydrogen-bond donors (Lipinski definition) is 3. The number of benzene rings is 2. The summed E-state index contributed by atoms with van der Waals surface area (Å²) >= 11 is 2.91. The summed E-state index contributed by atoms with van der Waals surface area (Å²) in [6.45, 7) is 0. The van der Waals surface area contributed by atoms with Gasteiger partial charge in [-0.05, 0) is 51.8 Å². The van der Waals surface area contributed by atoms with Crippen molar-refractivity contribution in [3.63, 3.8) is 0 Å². The summed E-state index contributed by atoms with van der Waals surface area (Å²) < 4.78 is 17.8. The number of halogens is 2. The van der Waals surface area contributed by atoms with Crippen LogP contribution in [0.15, 0.2) is 46.9 Å². The summed E-state index contributed by atoms with van der Waals surface area (Å²) in [4.78, 5) is 20.7. The highest BCUT2D eigenvalue weighted by Crippen LogP contribution is 2.19. The zero-order valence-corrected chi connectivity index (χ0v) is 14.0. The molecular formula is C16H14BrFO6. The van der Waals surface area contributed by atoms with Crippen molar-refractivity contribution in [1.82, 2.24) is 0 Å². The summed E-state index contributed by atoms with van der Waals surface area (Å²) in [6, 6.07) is 9.97. The molecule has 0 heterocycles. The molecule has 128 valence electrons. The average Bonchev–Trinajstić information content (AvgIpc) is 2.57. The lowest BCUT2D eigenvalue weighted by Crippen LogP contribution is -2.10. The van der Waals surface area contributed by atoms with Gasteiger partial charge in [-0.15, -0.1) is 0 Å². The molecule has 0 bridgehead atoms. The molecule has 0 radical (unpaired) electrons. The first kappa shape index (κ1) is 19.6. The standard InChI is InChI=1S/C9H10O4.C7H4BrFO2/c1-13-7-4-2-3-6(5-7)8(10)9(11)12;8-5-2-1-4(7(10)11)3-6(5)9/h2-5,8,10H,1H3,(H,11,12);1-3H,(H,10,11). The van der Waals surface area contributed by atoms with Crippen molar-refractivity contribution in [2.75, 3.05) is 7.11 Å². The fraction of sp³-hybridized carbons (Fsp3) is 0.125. The summed E-state index contributed by atoms with van der Waals surface area (Å²) in [5.74, 6) is -2.44. The number of carboxylic acid groups (broad SMARTS) is 2. The number of aliphatic hydroxyl groups is 1. The lowest BCUT2D eigenvalue weighted by Gasteiger charge is -2.06. The van der Waals surface area contributed by atoms with Crippen LogP contribution in [0.4, 0.5) is 4.39 Å². The number of ether oxygens (including phenoxy) is 1. The van der Waals surface area contributed by atoms with Crippen LogP contribution in [0.5, 0.6) is 5.75 Å². The first-order valence-electron chi connectivity index (χ1n) is 6.49. The smallest absolute Gasteiger partial charge is 0.337 e. The van der Waals surface area contributed by atoms with E-state index in [-0.39, 0.29) is 10.0 Å². The molecule has 1 unspecified atom stereocenters. The SMILES string of the molecule is COc1cccc(C(O)C(=O)O)c1.O=C(O)c1ccc(Br)c(F)c1. The first-order chi connectivity index (χ1) is 11.3. The Kier molecular flexibility index (Phi) is 7.34. The second-order valence-corrected chi connectivity index (χ2v) is 5.31. The van der Waals surface area contributed by atoms with E-state index in [0.29, 0.717) is 11.3 Å². The van der Waals surface area contributed by atoms with Crippen molar-refractivity contribution >= 4 is 27.9 Å². The zero-order chi connectivity index (χ0) is 18.3. The maximum absolute atomic E-state index is 12.6. The van der Waals surface area contributed by atoms with Crippen molar-refractivity contribution in [2.45, 2.75) is 6.10 Å². The second-order valence-electron chi connectivity index (χ2n) is 4.45. The van der Waals surface area contributed by atoms with E-state index in [1.54, 1.807) is 12.1 Å². The van der Waals surface area contributed by atoms with Crippen molar-refractivity contribution in [1.29, 1.82) is 0 Å². The Labute approximate surface area is 145 Å². The lowest BCUT2D eigenvalue weighted by atomic mass is 10.1. The van der Waals surface area contributed by atoms with E-state index in [1.807, 2.05) is 0 Å². The molecule has 0 aliphatic carbocycles. The molecule has 0 fully saturated rings. The highest BCUT2D eigenvalue weighted by atomic mass is 79.9. The van der Waals surface area contributed by atoms with E-state index in [2.05, 4.69) is 15.9 Å². The minimum absolute atomic E-state index is 0.0503. The van der Waals surface area contributed by atoms with Crippen LogP contribution >= 0.6 is 15.9 Å². The minimum atomic E-state index is -1.49. The first-order valence-corrected chi connectivity index (χ1v) is 7.28. The van der Waals surface area contributed by atoms with Gasteiger partial charge in [-0.25, -0.2) is 14.0 Å². The molecule has 0 amide bonds. The number of carbonyl (C=O) groups is 2. The predicted octanol–water partition coefficient (Wildman–Crippen LogP) is 3.10. The van der Waals surface area contributed by atoms with Crippen LogP contribution in [0.2, 0.25) is 0 Å². The quantitative estimate of drug-likeness (QED) is 0.728. The van der Waals surface area contributed by atoms with Crippen LogP contribution in [0.25, 0.3) is 0 Å². The van der Waals surface area contributed by atoms with Gasteiger partial charge in [-0.3, -0.25) is 0 Å². The average molecular weight is 401 g/mol. The van der Waals surface area contributed by atoms with Gasteiger partial charge in [-0.1, -0.05) is 12.1 Å². The normalized spacial score (nSPS) is 11.0. The molecule has 2 aromatic rings. The summed E-state index contributed by atoms with van der Waals surface area (Å²) in [7, 11) is 1.48. The monoisotopic (exact) mass is 400 g/mol. The number of aromatic carboxylic acids is 1. The molecule has 0 aliphatic rings. The number of hydrogen-bond acceptors (Lipinski definition) is 4. The van der Waals surface area contributed by atoms with Crippen LogP contribution in [0.3, 0.4) is 0 Å². The van der Waals surface area contributed by atoms with Crippen molar-refractivity contribution in [3.8, 4) is 5.75 Å². The molecule has 0 saturated carbocycles. The molecular weight excluding hydrogens is 387 g/mol. The number of aliphatic hydroxyl groups excluding tert-OH is 1. The van der Waals surface area contributed by atoms with E-state index in [0.717, 1.165) is 6.07 Å².